The molecule has 0 bridgehead atoms. The first kappa shape index (κ1) is 13.1. The van der Waals surface area contributed by atoms with Crippen LogP contribution in [-0.4, -0.2) is 17.3 Å². The second-order valence-electron chi connectivity index (χ2n) is 5.50. The summed E-state index contributed by atoms with van der Waals surface area (Å²) in [6.07, 6.45) is 1.69. The molecule has 96 valence electrons. The Balaban J connectivity index is 2.18. The topological polar surface area (TPSA) is 46.2 Å². The van der Waals surface area contributed by atoms with E-state index in [1.54, 1.807) is 0 Å². The molecule has 3 N–H and O–H groups in total. The van der Waals surface area contributed by atoms with E-state index in [0.717, 1.165) is 12.8 Å². The summed E-state index contributed by atoms with van der Waals surface area (Å²) < 4.78 is 0. The molecule has 0 aliphatic rings. The summed E-state index contributed by atoms with van der Waals surface area (Å²) in [5.41, 5.74) is 8.02. The van der Waals surface area contributed by atoms with E-state index in [1.165, 1.54) is 21.9 Å². The van der Waals surface area contributed by atoms with Crippen molar-refractivity contribution in [1.29, 1.82) is 0 Å². The quantitative estimate of drug-likeness (QED) is 0.867. The van der Waals surface area contributed by atoms with Gasteiger partial charge in [0.05, 0.1) is 6.61 Å². The van der Waals surface area contributed by atoms with E-state index in [0.29, 0.717) is 0 Å². The van der Waals surface area contributed by atoms with Gasteiger partial charge in [0.1, 0.15) is 0 Å². The van der Waals surface area contributed by atoms with E-state index in [9.17, 15) is 0 Å². The largest absolute Gasteiger partial charge is 0.394 e. The zero-order chi connectivity index (χ0) is 13.2. The average molecular weight is 243 g/mol. The van der Waals surface area contributed by atoms with Crippen molar-refractivity contribution in [3.05, 3.63) is 47.5 Å². The number of nitrogens with two attached hydrogens (primary N) is 1. The van der Waals surface area contributed by atoms with Crippen LogP contribution in [0, 0.1) is 6.92 Å². The van der Waals surface area contributed by atoms with Crippen molar-refractivity contribution in [2.75, 3.05) is 6.61 Å². The predicted molar refractivity (Wildman–Crippen MR) is 76.7 cm³/mol. The smallest absolute Gasteiger partial charge is 0.0608 e. The van der Waals surface area contributed by atoms with Gasteiger partial charge in [-0.3, -0.25) is 0 Å². The third kappa shape index (κ3) is 3.09. The fourth-order valence-electron chi connectivity index (χ4n) is 2.08. The van der Waals surface area contributed by atoms with Crippen molar-refractivity contribution < 1.29 is 5.11 Å². The molecule has 18 heavy (non-hydrogen) atoms. The molecule has 2 rings (SSSR count). The molecule has 2 aromatic carbocycles. The van der Waals surface area contributed by atoms with E-state index in [-0.39, 0.29) is 6.61 Å². The Morgan fingerprint density at radius 3 is 2.50 bits per heavy atom. The molecule has 2 nitrogen and oxygen atoms in total. The highest BCUT2D eigenvalue weighted by atomic mass is 16.3. The number of benzene rings is 2. The molecule has 0 radical (unpaired) electrons. The lowest BCUT2D eigenvalue weighted by atomic mass is 9.94. The van der Waals surface area contributed by atoms with E-state index < -0.39 is 5.54 Å². The van der Waals surface area contributed by atoms with Crippen molar-refractivity contribution in [1.82, 2.24) is 0 Å². The number of rotatable bonds is 4. The molecule has 0 aliphatic carbocycles. The van der Waals surface area contributed by atoms with Crippen molar-refractivity contribution in [2.24, 2.45) is 5.73 Å². The average Bonchev–Trinajstić information content (AvgIpc) is 2.36. The Hall–Kier alpha value is -1.38. The zero-order valence-electron chi connectivity index (χ0n) is 11.1. The van der Waals surface area contributed by atoms with Gasteiger partial charge in [0.25, 0.3) is 0 Å². The first-order valence-electron chi connectivity index (χ1n) is 6.39. The van der Waals surface area contributed by atoms with Gasteiger partial charge in [-0.2, -0.15) is 0 Å². The van der Waals surface area contributed by atoms with Crippen LogP contribution in [0.15, 0.2) is 36.4 Å². The van der Waals surface area contributed by atoms with Crippen molar-refractivity contribution in [2.45, 2.75) is 32.2 Å². The molecule has 0 saturated carbocycles. The van der Waals surface area contributed by atoms with Gasteiger partial charge in [-0.1, -0.05) is 42.0 Å². The van der Waals surface area contributed by atoms with E-state index >= 15 is 0 Å². The minimum Gasteiger partial charge on any atom is -0.394 e. The summed E-state index contributed by atoms with van der Waals surface area (Å²) in [7, 11) is 0. The predicted octanol–water partition coefficient (Wildman–Crippen LogP) is 2.79. The summed E-state index contributed by atoms with van der Waals surface area (Å²) in [5, 5.41) is 11.7. The molecule has 0 amide bonds. The van der Waals surface area contributed by atoms with Gasteiger partial charge < -0.3 is 10.8 Å². The Morgan fingerprint density at radius 2 is 1.78 bits per heavy atom. The lowest BCUT2D eigenvalue weighted by molar-refractivity contribution is 0.200. The Morgan fingerprint density at radius 1 is 1.11 bits per heavy atom. The highest BCUT2D eigenvalue weighted by Gasteiger charge is 2.16. The summed E-state index contributed by atoms with van der Waals surface area (Å²) in [5.74, 6) is 0. The monoisotopic (exact) mass is 243 g/mol. The van der Waals surface area contributed by atoms with Crippen LogP contribution in [0.1, 0.15) is 24.5 Å². The number of hydrogen-bond donors (Lipinski definition) is 2. The van der Waals surface area contributed by atoms with Gasteiger partial charge in [0, 0.05) is 5.54 Å². The second kappa shape index (κ2) is 5.09. The maximum atomic E-state index is 9.15. The molecule has 0 saturated heterocycles. The van der Waals surface area contributed by atoms with E-state index in [1.807, 2.05) is 6.92 Å². The normalized spacial score (nSPS) is 14.7. The van der Waals surface area contributed by atoms with Gasteiger partial charge in [-0.25, -0.2) is 0 Å². The third-order valence-corrected chi connectivity index (χ3v) is 3.41. The summed E-state index contributed by atoms with van der Waals surface area (Å²) >= 11 is 0. The van der Waals surface area contributed by atoms with Crippen LogP contribution in [0.5, 0.6) is 0 Å². The Kier molecular flexibility index (Phi) is 3.69. The molecule has 2 heteroatoms. The van der Waals surface area contributed by atoms with Gasteiger partial charge >= 0.3 is 0 Å². The third-order valence-electron chi connectivity index (χ3n) is 3.41. The van der Waals surface area contributed by atoms with Crippen LogP contribution in [0.25, 0.3) is 10.8 Å². The van der Waals surface area contributed by atoms with Gasteiger partial charge in [-0.15, -0.1) is 0 Å². The lowest BCUT2D eigenvalue weighted by Gasteiger charge is -2.21. The van der Waals surface area contributed by atoms with Crippen LogP contribution in [0.4, 0.5) is 0 Å². The van der Waals surface area contributed by atoms with Crippen molar-refractivity contribution in [3.8, 4) is 0 Å². The number of aryl methyl sites for hydroxylation is 2. The fraction of sp³-hybridized carbons (Fsp3) is 0.375. The number of aliphatic hydroxyl groups is 1. The van der Waals surface area contributed by atoms with Crippen LogP contribution in [-0.2, 0) is 6.42 Å². The minimum atomic E-state index is -0.484. The van der Waals surface area contributed by atoms with Gasteiger partial charge in [0.15, 0.2) is 0 Å². The molecule has 0 fully saturated rings. The lowest BCUT2D eigenvalue weighted by Crippen LogP contribution is -2.40. The van der Waals surface area contributed by atoms with Gasteiger partial charge in [-0.05, 0) is 43.0 Å². The molecule has 1 atom stereocenters. The van der Waals surface area contributed by atoms with E-state index in [4.69, 9.17) is 10.8 Å². The highest BCUT2D eigenvalue weighted by molar-refractivity contribution is 5.83. The van der Waals surface area contributed by atoms with Crippen LogP contribution in [0.3, 0.4) is 0 Å². The van der Waals surface area contributed by atoms with Crippen molar-refractivity contribution >= 4 is 10.8 Å². The molecular weight excluding hydrogens is 222 g/mol. The maximum absolute atomic E-state index is 9.15. The minimum absolute atomic E-state index is 0.0276. The molecule has 0 heterocycles. The Bertz CT molecular complexity index is 546. The molecule has 0 aliphatic heterocycles. The molecule has 0 aromatic heterocycles. The number of aliphatic hydroxyl groups excluding tert-OH is 1. The van der Waals surface area contributed by atoms with Gasteiger partial charge in [0.2, 0.25) is 0 Å². The first-order chi connectivity index (χ1) is 8.50. The van der Waals surface area contributed by atoms with E-state index in [2.05, 4.69) is 43.3 Å². The number of hydrogen-bond acceptors (Lipinski definition) is 2. The summed E-state index contributed by atoms with van der Waals surface area (Å²) in [6, 6.07) is 13.0. The summed E-state index contributed by atoms with van der Waals surface area (Å²) in [6.45, 7) is 4.02. The SMILES string of the molecule is Cc1ccc2cc(CC[C@@](C)(N)CO)ccc2c1. The highest BCUT2D eigenvalue weighted by Crippen LogP contribution is 2.19. The standard InChI is InChI=1S/C16H21NO/c1-12-3-5-15-10-13(4-6-14(15)9-12)7-8-16(2,17)11-18/h3-6,9-10,18H,7-8,11,17H2,1-2H3/t16-/m1/s1. The Labute approximate surface area is 108 Å². The van der Waals surface area contributed by atoms with Crippen LogP contribution < -0.4 is 5.73 Å². The fourth-order valence-corrected chi connectivity index (χ4v) is 2.08. The molecule has 0 unspecified atom stereocenters. The zero-order valence-corrected chi connectivity index (χ0v) is 11.1. The maximum Gasteiger partial charge on any atom is 0.0608 e. The molecule has 2 aromatic rings. The number of fused-ring (bicyclic) bond motifs is 1. The van der Waals surface area contributed by atoms with Crippen LogP contribution >= 0.6 is 0 Å². The van der Waals surface area contributed by atoms with Crippen LogP contribution in [0.2, 0.25) is 0 Å². The summed E-state index contributed by atoms with van der Waals surface area (Å²) in [4.78, 5) is 0. The molecular formula is C16H21NO. The second-order valence-corrected chi connectivity index (χ2v) is 5.50. The first-order valence-corrected chi connectivity index (χ1v) is 6.39. The molecule has 0 spiro atoms. The van der Waals surface area contributed by atoms with Crippen molar-refractivity contribution in [3.63, 3.8) is 0 Å².